The molecule has 2 heteroatoms. The fourth-order valence-electron chi connectivity index (χ4n) is 1.87. The minimum absolute atomic E-state index is 0.460. The minimum atomic E-state index is 0.460. The molecule has 0 bridgehead atoms. The first-order valence-corrected chi connectivity index (χ1v) is 7.34. The second-order valence-electron chi connectivity index (χ2n) is 4.38. The second kappa shape index (κ2) is 6.97. The molecule has 1 aromatic carbocycles. The number of hydrogen-bond donors (Lipinski definition) is 1. The number of aryl methyl sites for hydroxylation is 2. The van der Waals surface area contributed by atoms with E-state index in [1.807, 2.05) is 11.8 Å². The zero-order valence-electron chi connectivity index (χ0n) is 10.8. The van der Waals surface area contributed by atoms with Crippen molar-refractivity contribution in [1.29, 1.82) is 0 Å². The molecule has 0 amide bonds. The predicted molar refractivity (Wildman–Crippen MR) is 75.3 cm³/mol. The predicted octanol–water partition coefficient (Wildman–Crippen LogP) is 3.71. The molecule has 0 aliphatic rings. The Kier molecular flexibility index (Phi) is 5.93. The lowest BCUT2D eigenvalue weighted by atomic mass is 10.00. The fourth-order valence-corrected chi connectivity index (χ4v) is 2.30. The van der Waals surface area contributed by atoms with Crippen molar-refractivity contribution in [3.05, 3.63) is 34.9 Å². The summed E-state index contributed by atoms with van der Waals surface area (Å²) in [6, 6.07) is 7.15. The summed E-state index contributed by atoms with van der Waals surface area (Å²) >= 11 is 1.91. The normalized spacial score (nSPS) is 12.8. The summed E-state index contributed by atoms with van der Waals surface area (Å²) in [7, 11) is 0. The molecule has 0 spiro atoms. The van der Waals surface area contributed by atoms with Crippen molar-refractivity contribution in [2.75, 3.05) is 18.6 Å². The first-order chi connectivity index (χ1) is 7.65. The molecular weight excluding hydrogens is 214 g/mol. The van der Waals surface area contributed by atoms with Crippen molar-refractivity contribution in [3.8, 4) is 0 Å². The summed E-state index contributed by atoms with van der Waals surface area (Å²) < 4.78 is 0. The van der Waals surface area contributed by atoms with Gasteiger partial charge >= 0.3 is 0 Å². The molecule has 0 saturated carbocycles. The molecule has 1 atom stereocenters. The molecule has 0 heterocycles. The standard InChI is InChI=1S/C14H23NS/c1-11-6-7-12(2)14(10-11)13(3)15-8-5-9-16-4/h6-7,10,13,15H,5,8-9H2,1-4H3. The molecule has 1 unspecified atom stereocenters. The van der Waals surface area contributed by atoms with Gasteiger partial charge in [0.2, 0.25) is 0 Å². The van der Waals surface area contributed by atoms with E-state index in [4.69, 9.17) is 0 Å². The average molecular weight is 237 g/mol. The van der Waals surface area contributed by atoms with Crippen LogP contribution in [0.25, 0.3) is 0 Å². The quantitative estimate of drug-likeness (QED) is 0.757. The van der Waals surface area contributed by atoms with Gasteiger partial charge in [-0.3, -0.25) is 0 Å². The van der Waals surface area contributed by atoms with Gasteiger partial charge in [-0.15, -0.1) is 0 Å². The van der Waals surface area contributed by atoms with Gasteiger partial charge in [-0.05, 0) is 56.9 Å². The Morgan fingerprint density at radius 1 is 1.31 bits per heavy atom. The Bertz CT molecular complexity index is 323. The highest BCUT2D eigenvalue weighted by atomic mass is 32.2. The summed E-state index contributed by atoms with van der Waals surface area (Å²) in [6.45, 7) is 7.70. The number of thioether (sulfide) groups is 1. The maximum atomic E-state index is 3.59. The van der Waals surface area contributed by atoms with Crippen molar-refractivity contribution >= 4 is 11.8 Å². The smallest absolute Gasteiger partial charge is 0.0294 e. The lowest BCUT2D eigenvalue weighted by Gasteiger charge is -2.17. The van der Waals surface area contributed by atoms with Crippen LogP contribution in [0.15, 0.2) is 18.2 Å². The fraction of sp³-hybridized carbons (Fsp3) is 0.571. The highest BCUT2D eigenvalue weighted by Gasteiger charge is 2.07. The van der Waals surface area contributed by atoms with Crippen LogP contribution >= 0.6 is 11.8 Å². The van der Waals surface area contributed by atoms with E-state index in [9.17, 15) is 0 Å². The van der Waals surface area contributed by atoms with E-state index in [-0.39, 0.29) is 0 Å². The first kappa shape index (κ1) is 13.6. The largest absolute Gasteiger partial charge is 0.310 e. The minimum Gasteiger partial charge on any atom is -0.310 e. The molecule has 0 radical (unpaired) electrons. The van der Waals surface area contributed by atoms with E-state index >= 15 is 0 Å². The van der Waals surface area contributed by atoms with Crippen LogP contribution in [0.4, 0.5) is 0 Å². The van der Waals surface area contributed by atoms with E-state index in [0.29, 0.717) is 6.04 Å². The van der Waals surface area contributed by atoms with Crippen LogP contribution in [0.2, 0.25) is 0 Å². The van der Waals surface area contributed by atoms with Crippen molar-refractivity contribution in [2.24, 2.45) is 0 Å². The third-order valence-electron chi connectivity index (χ3n) is 2.88. The van der Waals surface area contributed by atoms with Gasteiger partial charge in [-0.2, -0.15) is 11.8 Å². The molecule has 1 nitrogen and oxygen atoms in total. The molecule has 90 valence electrons. The van der Waals surface area contributed by atoms with Crippen LogP contribution in [0, 0.1) is 13.8 Å². The third kappa shape index (κ3) is 4.18. The SMILES string of the molecule is CSCCCNC(C)c1cc(C)ccc1C. The van der Waals surface area contributed by atoms with Gasteiger partial charge in [-0.1, -0.05) is 23.8 Å². The van der Waals surface area contributed by atoms with Crippen LogP contribution in [-0.4, -0.2) is 18.6 Å². The van der Waals surface area contributed by atoms with Crippen LogP contribution in [0.5, 0.6) is 0 Å². The van der Waals surface area contributed by atoms with Crippen molar-refractivity contribution < 1.29 is 0 Å². The zero-order chi connectivity index (χ0) is 12.0. The van der Waals surface area contributed by atoms with Gasteiger partial charge in [-0.25, -0.2) is 0 Å². The lowest BCUT2D eigenvalue weighted by molar-refractivity contribution is 0.570. The van der Waals surface area contributed by atoms with Gasteiger partial charge in [0.05, 0.1) is 0 Å². The van der Waals surface area contributed by atoms with Crippen LogP contribution < -0.4 is 5.32 Å². The lowest BCUT2D eigenvalue weighted by Crippen LogP contribution is -2.21. The van der Waals surface area contributed by atoms with Crippen molar-refractivity contribution in [1.82, 2.24) is 5.32 Å². The Morgan fingerprint density at radius 3 is 2.75 bits per heavy atom. The molecule has 1 N–H and O–H groups in total. The van der Waals surface area contributed by atoms with E-state index in [1.54, 1.807) is 0 Å². The summed E-state index contributed by atoms with van der Waals surface area (Å²) in [5.74, 6) is 1.24. The molecule has 0 aromatic heterocycles. The summed E-state index contributed by atoms with van der Waals surface area (Å²) in [5, 5.41) is 3.59. The van der Waals surface area contributed by atoms with Gasteiger partial charge in [0, 0.05) is 6.04 Å². The van der Waals surface area contributed by atoms with Crippen LogP contribution in [0.1, 0.15) is 36.1 Å². The second-order valence-corrected chi connectivity index (χ2v) is 5.37. The highest BCUT2D eigenvalue weighted by Crippen LogP contribution is 2.18. The van der Waals surface area contributed by atoms with Crippen molar-refractivity contribution in [3.63, 3.8) is 0 Å². The van der Waals surface area contributed by atoms with Gasteiger partial charge in [0.15, 0.2) is 0 Å². The molecule has 16 heavy (non-hydrogen) atoms. The van der Waals surface area contributed by atoms with Crippen molar-refractivity contribution in [2.45, 2.75) is 33.2 Å². The monoisotopic (exact) mass is 237 g/mol. The van der Waals surface area contributed by atoms with Gasteiger partial charge in [0.1, 0.15) is 0 Å². The third-order valence-corrected chi connectivity index (χ3v) is 3.57. The van der Waals surface area contributed by atoms with E-state index in [2.05, 4.69) is 50.5 Å². The van der Waals surface area contributed by atoms with Gasteiger partial charge in [0.25, 0.3) is 0 Å². The number of rotatable bonds is 6. The molecule has 0 fully saturated rings. The number of nitrogens with one attached hydrogen (secondary N) is 1. The molecule has 0 aliphatic heterocycles. The maximum absolute atomic E-state index is 3.59. The number of hydrogen-bond acceptors (Lipinski definition) is 2. The Labute approximate surface area is 104 Å². The molecular formula is C14H23NS. The molecule has 1 aromatic rings. The van der Waals surface area contributed by atoms with E-state index in [1.165, 1.54) is 28.9 Å². The van der Waals surface area contributed by atoms with Gasteiger partial charge < -0.3 is 5.32 Å². The maximum Gasteiger partial charge on any atom is 0.0294 e. The average Bonchev–Trinajstić information content (AvgIpc) is 2.27. The summed E-state index contributed by atoms with van der Waals surface area (Å²) in [4.78, 5) is 0. The Morgan fingerprint density at radius 2 is 2.06 bits per heavy atom. The molecule has 0 aliphatic carbocycles. The first-order valence-electron chi connectivity index (χ1n) is 5.94. The molecule has 1 rings (SSSR count). The Hall–Kier alpha value is -0.470. The topological polar surface area (TPSA) is 12.0 Å². The van der Waals surface area contributed by atoms with E-state index < -0.39 is 0 Å². The van der Waals surface area contributed by atoms with E-state index in [0.717, 1.165) is 6.54 Å². The highest BCUT2D eigenvalue weighted by molar-refractivity contribution is 7.98. The van der Waals surface area contributed by atoms with Crippen LogP contribution in [0.3, 0.4) is 0 Å². The zero-order valence-corrected chi connectivity index (χ0v) is 11.7. The summed E-state index contributed by atoms with van der Waals surface area (Å²) in [6.07, 6.45) is 3.41. The van der Waals surface area contributed by atoms with Crippen LogP contribution in [-0.2, 0) is 0 Å². The molecule has 0 saturated heterocycles. The number of benzene rings is 1. The Balaban J connectivity index is 2.51. The summed E-state index contributed by atoms with van der Waals surface area (Å²) in [5.41, 5.74) is 4.16.